The quantitative estimate of drug-likeness (QED) is 0.190. The Kier molecular flexibility index (Phi) is 6.35. The van der Waals surface area contributed by atoms with Crippen molar-refractivity contribution in [1.29, 1.82) is 0 Å². The third-order valence-corrected chi connectivity index (χ3v) is 9.35. The summed E-state index contributed by atoms with van der Waals surface area (Å²) in [5.74, 6) is 1.71. The molecule has 0 atom stereocenters. The highest BCUT2D eigenvalue weighted by Gasteiger charge is 2.25. The minimum absolute atomic E-state index is 0.854. The van der Waals surface area contributed by atoms with Crippen LogP contribution in [0.15, 0.2) is 120 Å². The molecule has 0 N–H and O–H groups in total. The summed E-state index contributed by atoms with van der Waals surface area (Å²) in [7, 11) is 3.52. The standard InChI is InChI=1S/C36H26O2S2/c1-37-29-17-9-15-27-31(35-25(19-21-39-35)23-11-5-3-6-12-23)28-16-10-18-30(38-2)33(28)34(32(27)29)36-26(20-22-40-36)24-13-7-4-8-14-24/h3-22H,1-2H3. The van der Waals surface area contributed by atoms with Gasteiger partial charge in [-0.3, -0.25) is 0 Å². The Morgan fingerprint density at radius 1 is 0.450 bits per heavy atom. The van der Waals surface area contributed by atoms with Crippen LogP contribution < -0.4 is 9.47 Å². The van der Waals surface area contributed by atoms with E-state index in [2.05, 4.69) is 120 Å². The van der Waals surface area contributed by atoms with Crippen molar-refractivity contribution in [2.45, 2.75) is 0 Å². The molecule has 40 heavy (non-hydrogen) atoms. The van der Waals surface area contributed by atoms with E-state index in [1.54, 1.807) is 36.9 Å². The average Bonchev–Trinajstić information content (AvgIpc) is 3.70. The molecule has 0 aliphatic carbocycles. The number of thiophene rings is 2. The zero-order valence-electron chi connectivity index (χ0n) is 22.2. The molecule has 0 amide bonds. The van der Waals surface area contributed by atoms with E-state index in [4.69, 9.17) is 9.47 Å². The molecule has 0 bridgehead atoms. The Bertz CT molecular complexity index is 1900. The molecule has 5 aromatic carbocycles. The molecule has 7 aromatic rings. The van der Waals surface area contributed by atoms with E-state index in [1.165, 1.54) is 48.3 Å². The molecule has 0 saturated carbocycles. The van der Waals surface area contributed by atoms with Crippen LogP contribution in [0.4, 0.5) is 0 Å². The molecule has 2 aromatic heterocycles. The summed E-state index contributed by atoms with van der Waals surface area (Å²) in [4.78, 5) is 2.44. The maximum Gasteiger partial charge on any atom is 0.127 e. The highest BCUT2D eigenvalue weighted by molar-refractivity contribution is 7.15. The van der Waals surface area contributed by atoms with E-state index in [-0.39, 0.29) is 0 Å². The molecule has 2 heterocycles. The van der Waals surface area contributed by atoms with Crippen molar-refractivity contribution in [2.24, 2.45) is 0 Å². The number of methoxy groups -OCH3 is 2. The Morgan fingerprint density at radius 3 is 1.35 bits per heavy atom. The highest BCUT2D eigenvalue weighted by Crippen LogP contribution is 2.54. The van der Waals surface area contributed by atoms with Crippen LogP contribution in [-0.4, -0.2) is 14.2 Å². The molecule has 4 heteroatoms. The van der Waals surface area contributed by atoms with Crippen LogP contribution in [0.25, 0.3) is 64.7 Å². The number of hydrogen-bond acceptors (Lipinski definition) is 4. The largest absolute Gasteiger partial charge is 0.496 e. The first-order chi connectivity index (χ1) is 19.8. The van der Waals surface area contributed by atoms with E-state index < -0.39 is 0 Å². The second-order valence-electron chi connectivity index (χ2n) is 9.57. The van der Waals surface area contributed by atoms with Gasteiger partial charge in [0.25, 0.3) is 0 Å². The van der Waals surface area contributed by atoms with Gasteiger partial charge in [0, 0.05) is 42.8 Å². The molecule has 0 spiro atoms. The zero-order chi connectivity index (χ0) is 27.1. The lowest BCUT2D eigenvalue weighted by molar-refractivity contribution is 0.419. The van der Waals surface area contributed by atoms with Gasteiger partial charge in [-0.15, -0.1) is 22.7 Å². The molecule has 0 fully saturated rings. The second kappa shape index (κ2) is 10.3. The number of ether oxygens (including phenoxy) is 2. The van der Waals surface area contributed by atoms with Crippen molar-refractivity contribution >= 4 is 44.2 Å². The van der Waals surface area contributed by atoms with Gasteiger partial charge in [0.1, 0.15) is 11.5 Å². The van der Waals surface area contributed by atoms with Gasteiger partial charge >= 0.3 is 0 Å². The van der Waals surface area contributed by atoms with Crippen molar-refractivity contribution in [3.05, 3.63) is 120 Å². The Hall–Kier alpha value is -4.38. The Balaban J connectivity index is 1.67. The van der Waals surface area contributed by atoms with Gasteiger partial charge in [0.15, 0.2) is 0 Å². The molecule has 0 saturated heterocycles. The van der Waals surface area contributed by atoms with Crippen molar-refractivity contribution in [3.63, 3.8) is 0 Å². The number of benzene rings is 5. The molecule has 194 valence electrons. The van der Waals surface area contributed by atoms with E-state index in [0.29, 0.717) is 0 Å². The topological polar surface area (TPSA) is 18.5 Å². The number of rotatable bonds is 6. The van der Waals surface area contributed by atoms with Crippen molar-refractivity contribution in [1.82, 2.24) is 0 Å². The third-order valence-electron chi connectivity index (χ3n) is 7.49. The minimum Gasteiger partial charge on any atom is -0.496 e. The Morgan fingerprint density at radius 2 is 0.900 bits per heavy atom. The molecule has 2 nitrogen and oxygen atoms in total. The third kappa shape index (κ3) is 3.91. The minimum atomic E-state index is 0.854. The summed E-state index contributed by atoms with van der Waals surface area (Å²) >= 11 is 3.54. The van der Waals surface area contributed by atoms with E-state index in [0.717, 1.165) is 27.8 Å². The molecular formula is C36H26O2S2. The predicted octanol–water partition coefficient (Wildman–Crippen LogP) is 10.8. The van der Waals surface area contributed by atoms with Crippen molar-refractivity contribution < 1.29 is 9.47 Å². The lowest BCUT2D eigenvalue weighted by Gasteiger charge is -2.21. The van der Waals surface area contributed by atoms with Crippen LogP contribution in [0.2, 0.25) is 0 Å². The summed E-state index contributed by atoms with van der Waals surface area (Å²) in [5, 5.41) is 8.91. The highest BCUT2D eigenvalue weighted by atomic mass is 32.1. The smallest absolute Gasteiger partial charge is 0.127 e. The van der Waals surface area contributed by atoms with Gasteiger partial charge in [0.2, 0.25) is 0 Å². The van der Waals surface area contributed by atoms with E-state index in [1.807, 2.05) is 0 Å². The first-order valence-corrected chi connectivity index (χ1v) is 14.9. The van der Waals surface area contributed by atoms with Crippen molar-refractivity contribution in [3.8, 4) is 54.6 Å². The monoisotopic (exact) mass is 554 g/mol. The van der Waals surface area contributed by atoms with Crippen LogP contribution >= 0.6 is 22.7 Å². The summed E-state index contributed by atoms with van der Waals surface area (Å²) in [6.45, 7) is 0. The summed E-state index contributed by atoms with van der Waals surface area (Å²) in [6.07, 6.45) is 0. The number of hydrogen-bond donors (Lipinski definition) is 0. The maximum absolute atomic E-state index is 6.09. The summed E-state index contributed by atoms with van der Waals surface area (Å²) in [6, 6.07) is 38.5. The first kappa shape index (κ1) is 24.6. The van der Waals surface area contributed by atoms with Gasteiger partial charge in [-0.05, 0) is 56.9 Å². The maximum atomic E-state index is 6.09. The van der Waals surface area contributed by atoms with Crippen LogP contribution in [0, 0.1) is 0 Å². The van der Waals surface area contributed by atoms with Crippen LogP contribution in [0.5, 0.6) is 11.5 Å². The fourth-order valence-corrected chi connectivity index (χ4v) is 7.74. The average molecular weight is 555 g/mol. The van der Waals surface area contributed by atoms with Gasteiger partial charge in [0.05, 0.1) is 14.2 Å². The van der Waals surface area contributed by atoms with Crippen LogP contribution in [-0.2, 0) is 0 Å². The van der Waals surface area contributed by atoms with Crippen molar-refractivity contribution in [2.75, 3.05) is 14.2 Å². The summed E-state index contributed by atoms with van der Waals surface area (Å²) < 4.78 is 12.2. The van der Waals surface area contributed by atoms with Gasteiger partial charge in [-0.25, -0.2) is 0 Å². The molecular weight excluding hydrogens is 529 g/mol. The van der Waals surface area contributed by atoms with E-state index >= 15 is 0 Å². The first-order valence-electron chi connectivity index (χ1n) is 13.2. The van der Waals surface area contributed by atoms with Gasteiger partial charge < -0.3 is 9.47 Å². The fraction of sp³-hybridized carbons (Fsp3) is 0.0556. The lowest BCUT2D eigenvalue weighted by atomic mass is 9.86. The SMILES string of the molecule is COc1cccc2c(-c3sccc3-c3ccccc3)c3cccc(OC)c3c(-c3sccc3-c3ccccc3)c12. The molecule has 0 unspecified atom stereocenters. The molecule has 0 aliphatic heterocycles. The van der Waals surface area contributed by atoms with Crippen LogP contribution in [0.3, 0.4) is 0 Å². The van der Waals surface area contributed by atoms with Crippen LogP contribution in [0.1, 0.15) is 0 Å². The zero-order valence-corrected chi connectivity index (χ0v) is 23.8. The van der Waals surface area contributed by atoms with Gasteiger partial charge in [-0.2, -0.15) is 0 Å². The summed E-state index contributed by atoms with van der Waals surface area (Å²) in [5.41, 5.74) is 7.19. The second-order valence-corrected chi connectivity index (χ2v) is 11.4. The van der Waals surface area contributed by atoms with E-state index in [9.17, 15) is 0 Å². The number of fused-ring (bicyclic) bond motifs is 2. The normalized spacial score (nSPS) is 11.2. The molecule has 0 radical (unpaired) electrons. The molecule has 0 aliphatic rings. The predicted molar refractivity (Wildman–Crippen MR) is 172 cm³/mol. The Labute approximate surface area is 241 Å². The lowest BCUT2D eigenvalue weighted by Crippen LogP contribution is -1.95. The van der Waals surface area contributed by atoms with Gasteiger partial charge in [-0.1, -0.05) is 84.9 Å². The molecule has 7 rings (SSSR count). The fourth-order valence-electron chi connectivity index (χ4n) is 5.77.